The predicted octanol–water partition coefficient (Wildman–Crippen LogP) is 6.15. The van der Waals surface area contributed by atoms with Crippen LogP contribution < -0.4 is 0 Å². The molecule has 2 rings (SSSR count). The highest BCUT2D eigenvalue weighted by molar-refractivity contribution is 6.22. The van der Waals surface area contributed by atoms with E-state index in [1.807, 2.05) is 6.92 Å². The van der Waals surface area contributed by atoms with E-state index < -0.39 is 0 Å². The zero-order valence-electron chi connectivity index (χ0n) is 13.1. The van der Waals surface area contributed by atoms with Crippen LogP contribution in [0.3, 0.4) is 0 Å². The Kier molecular flexibility index (Phi) is 4.73. The number of hydrogen-bond acceptors (Lipinski definition) is 0. The van der Waals surface area contributed by atoms with E-state index in [2.05, 4.69) is 45.0 Å². The van der Waals surface area contributed by atoms with Crippen molar-refractivity contribution in [2.45, 2.75) is 44.9 Å². The molecule has 0 saturated carbocycles. The van der Waals surface area contributed by atoms with Crippen molar-refractivity contribution in [3.8, 4) is 0 Å². The molecular formula is C19H22ClF. The summed E-state index contributed by atoms with van der Waals surface area (Å²) in [5.41, 5.74) is 4.30. The Morgan fingerprint density at radius 3 is 2.29 bits per heavy atom. The van der Waals surface area contributed by atoms with Crippen molar-refractivity contribution in [1.82, 2.24) is 0 Å². The normalized spacial score (nSPS) is 13.2. The van der Waals surface area contributed by atoms with Crippen LogP contribution in [0.2, 0.25) is 0 Å². The van der Waals surface area contributed by atoms with E-state index in [9.17, 15) is 4.39 Å². The van der Waals surface area contributed by atoms with Crippen molar-refractivity contribution < 1.29 is 4.39 Å². The molecular weight excluding hydrogens is 283 g/mol. The van der Waals surface area contributed by atoms with Crippen LogP contribution in [0.25, 0.3) is 0 Å². The average Bonchev–Trinajstić information content (AvgIpc) is 2.49. The molecule has 112 valence electrons. The first-order valence-corrected chi connectivity index (χ1v) is 7.79. The van der Waals surface area contributed by atoms with Crippen molar-refractivity contribution in [2.75, 3.05) is 0 Å². The predicted molar refractivity (Wildman–Crippen MR) is 88.6 cm³/mol. The number of halogens is 2. The smallest absolute Gasteiger partial charge is 0.123 e. The monoisotopic (exact) mass is 304 g/mol. The maximum Gasteiger partial charge on any atom is 0.123 e. The Bertz CT molecular complexity index is 614. The highest BCUT2D eigenvalue weighted by Crippen LogP contribution is 2.33. The Morgan fingerprint density at radius 2 is 1.71 bits per heavy atom. The van der Waals surface area contributed by atoms with Gasteiger partial charge in [0.1, 0.15) is 5.82 Å². The van der Waals surface area contributed by atoms with Crippen molar-refractivity contribution in [3.05, 3.63) is 70.5 Å². The van der Waals surface area contributed by atoms with Crippen molar-refractivity contribution >= 4 is 11.6 Å². The summed E-state index contributed by atoms with van der Waals surface area (Å²) in [5, 5.41) is -0.320. The molecule has 1 atom stereocenters. The van der Waals surface area contributed by atoms with Crippen LogP contribution >= 0.6 is 11.6 Å². The van der Waals surface area contributed by atoms with Gasteiger partial charge in [-0.3, -0.25) is 0 Å². The highest BCUT2D eigenvalue weighted by Gasteiger charge is 2.19. The second-order valence-corrected chi connectivity index (χ2v) is 6.66. The summed E-state index contributed by atoms with van der Waals surface area (Å²) in [6.07, 6.45) is 1.08. The van der Waals surface area contributed by atoms with E-state index in [0.717, 1.165) is 23.1 Å². The standard InChI is InChI=1S/C19H22ClF/c1-5-19(3,4)15-9-7-14(8-10-15)18(20)17-12-16(21)11-6-13(17)2/h6-12,18H,5H2,1-4H3. The Labute approximate surface area is 132 Å². The second kappa shape index (κ2) is 6.19. The van der Waals surface area contributed by atoms with Crippen LogP contribution in [-0.4, -0.2) is 0 Å². The zero-order valence-corrected chi connectivity index (χ0v) is 13.8. The maximum atomic E-state index is 13.4. The quantitative estimate of drug-likeness (QED) is 0.594. The van der Waals surface area contributed by atoms with Crippen molar-refractivity contribution in [3.63, 3.8) is 0 Å². The number of aryl methyl sites for hydroxylation is 1. The van der Waals surface area contributed by atoms with Crippen LogP contribution in [0.1, 0.15) is 54.8 Å². The number of rotatable bonds is 4. The minimum Gasteiger partial charge on any atom is -0.207 e. The lowest BCUT2D eigenvalue weighted by molar-refractivity contribution is 0.506. The molecule has 0 heterocycles. The van der Waals surface area contributed by atoms with Gasteiger partial charge >= 0.3 is 0 Å². The Balaban J connectivity index is 2.32. The van der Waals surface area contributed by atoms with Gasteiger partial charge in [-0.05, 0) is 53.1 Å². The van der Waals surface area contributed by atoms with Gasteiger partial charge in [0.2, 0.25) is 0 Å². The first-order valence-electron chi connectivity index (χ1n) is 7.35. The van der Waals surface area contributed by atoms with Crippen molar-refractivity contribution in [1.29, 1.82) is 0 Å². The lowest BCUT2D eigenvalue weighted by atomic mass is 9.82. The topological polar surface area (TPSA) is 0 Å². The first kappa shape index (κ1) is 16.0. The van der Waals surface area contributed by atoms with Gasteiger partial charge in [0, 0.05) is 0 Å². The van der Waals surface area contributed by atoms with Crippen molar-refractivity contribution in [2.24, 2.45) is 0 Å². The molecule has 21 heavy (non-hydrogen) atoms. The van der Waals surface area contributed by atoms with Gasteiger partial charge in [0.25, 0.3) is 0 Å². The van der Waals surface area contributed by atoms with Crippen LogP contribution in [0.5, 0.6) is 0 Å². The third-order valence-electron chi connectivity index (χ3n) is 4.38. The molecule has 0 fully saturated rings. The zero-order chi connectivity index (χ0) is 15.6. The summed E-state index contributed by atoms with van der Waals surface area (Å²) in [7, 11) is 0. The molecule has 2 aromatic rings. The van der Waals surface area contributed by atoms with Crippen LogP contribution in [0, 0.1) is 12.7 Å². The summed E-state index contributed by atoms with van der Waals surface area (Å²) < 4.78 is 13.4. The third-order valence-corrected chi connectivity index (χ3v) is 4.87. The maximum absolute atomic E-state index is 13.4. The first-order chi connectivity index (χ1) is 9.85. The third kappa shape index (κ3) is 3.47. The molecule has 2 aromatic carbocycles. The summed E-state index contributed by atoms with van der Waals surface area (Å²) >= 11 is 6.54. The van der Waals surface area contributed by atoms with Gasteiger partial charge in [-0.15, -0.1) is 11.6 Å². The molecule has 2 heteroatoms. The van der Waals surface area contributed by atoms with Gasteiger partial charge in [-0.25, -0.2) is 4.39 Å². The molecule has 0 N–H and O–H groups in total. The summed E-state index contributed by atoms with van der Waals surface area (Å²) in [6, 6.07) is 13.1. The molecule has 0 aliphatic carbocycles. The van der Waals surface area contributed by atoms with Crippen LogP contribution in [-0.2, 0) is 5.41 Å². The molecule has 1 unspecified atom stereocenters. The largest absolute Gasteiger partial charge is 0.207 e. The molecule has 0 radical (unpaired) electrons. The Hall–Kier alpha value is -1.34. The molecule has 0 saturated heterocycles. The summed E-state index contributed by atoms with van der Waals surface area (Å²) in [6.45, 7) is 8.61. The average molecular weight is 305 g/mol. The minimum atomic E-state index is -0.320. The number of benzene rings is 2. The van der Waals surface area contributed by atoms with Gasteiger partial charge in [-0.1, -0.05) is 51.1 Å². The van der Waals surface area contributed by atoms with Gasteiger partial charge in [0.15, 0.2) is 0 Å². The summed E-state index contributed by atoms with van der Waals surface area (Å²) in [4.78, 5) is 0. The molecule has 0 amide bonds. The SMILES string of the molecule is CCC(C)(C)c1ccc(C(Cl)c2cc(F)ccc2C)cc1. The number of hydrogen-bond donors (Lipinski definition) is 0. The Morgan fingerprint density at radius 1 is 1.10 bits per heavy atom. The highest BCUT2D eigenvalue weighted by atomic mass is 35.5. The second-order valence-electron chi connectivity index (χ2n) is 6.22. The fourth-order valence-corrected chi connectivity index (χ4v) is 2.75. The van der Waals surface area contributed by atoms with E-state index in [0.29, 0.717) is 0 Å². The van der Waals surface area contributed by atoms with Gasteiger partial charge in [0.05, 0.1) is 5.38 Å². The molecule has 0 spiro atoms. The molecule has 0 aliphatic rings. The van der Waals surface area contributed by atoms with Gasteiger partial charge < -0.3 is 0 Å². The van der Waals surface area contributed by atoms with E-state index in [1.54, 1.807) is 6.07 Å². The van der Waals surface area contributed by atoms with Gasteiger partial charge in [-0.2, -0.15) is 0 Å². The fourth-order valence-electron chi connectivity index (χ4n) is 2.37. The molecule has 0 aromatic heterocycles. The van der Waals surface area contributed by atoms with E-state index >= 15 is 0 Å². The molecule has 0 bridgehead atoms. The summed E-state index contributed by atoms with van der Waals surface area (Å²) in [5.74, 6) is -0.245. The molecule has 0 nitrogen and oxygen atoms in total. The van der Waals surface area contributed by atoms with E-state index in [1.165, 1.54) is 17.7 Å². The van der Waals surface area contributed by atoms with E-state index in [4.69, 9.17) is 11.6 Å². The minimum absolute atomic E-state index is 0.162. The van der Waals surface area contributed by atoms with Crippen LogP contribution in [0.15, 0.2) is 42.5 Å². The lowest BCUT2D eigenvalue weighted by Crippen LogP contribution is -2.15. The van der Waals surface area contributed by atoms with E-state index in [-0.39, 0.29) is 16.6 Å². The van der Waals surface area contributed by atoms with Crippen LogP contribution in [0.4, 0.5) is 4.39 Å². The molecule has 0 aliphatic heterocycles. The lowest BCUT2D eigenvalue weighted by Gasteiger charge is -2.24. The number of alkyl halides is 1. The fraction of sp³-hybridized carbons (Fsp3) is 0.368.